The highest BCUT2D eigenvalue weighted by Crippen LogP contribution is 2.27. The zero-order chi connectivity index (χ0) is 11.5. The lowest BCUT2D eigenvalue weighted by molar-refractivity contribution is 0.565. The van der Waals surface area contributed by atoms with E-state index in [9.17, 15) is 8.42 Å². The second-order valence-corrected chi connectivity index (χ2v) is 7.55. The first-order valence-electron chi connectivity index (χ1n) is 4.26. The summed E-state index contributed by atoms with van der Waals surface area (Å²) >= 11 is 7.72. The van der Waals surface area contributed by atoms with Crippen molar-refractivity contribution in [2.45, 2.75) is 11.1 Å². The van der Waals surface area contributed by atoms with Gasteiger partial charge in [-0.2, -0.15) is 0 Å². The van der Waals surface area contributed by atoms with Crippen molar-refractivity contribution in [3.63, 3.8) is 0 Å². The van der Waals surface area contributed by atoms with Crippen molar-refractivity contribution in [3.8, 4) is 0 Å². The van der Waals surface area contributed by atoms with Crippen LogP contribution in [0.1, 0.15) is 6.92 Å². The van der Waals surface area contributed by atoms with Crippen LogP contribution in [0.25, 0.3) is 0 Å². The molecule has 0 saturated carbocycles. The molecule has 0 bridgehead atoms. The number of nitrogens with one attached hydrogen (secondary N) is 1. The van der Waals surface area contributed by atoms with E-state index in [0.717, 1.165) is 5.33 Å². The van der Waals surface area contributed by atoms with Crippen molar-refractivity contribution >= 4 is 53.2 Å². The Morgan fingerprint density at radius 3 is 2.73 bits per heavy atom. The number of thiophene rings is 1. The molecule has 3 nitrogen and oxygen atoms in total. The van der Waals surface area contributed by atoms with Gasteiger partial charge in [0.15, 0.2) is 0 Å². The molecule has 86 valence electrons. The molecule has 0 radical (unpaired) electrons. The number of halogens is 2. The fraction of sp³-hybridized carbons (Fsp3) is 0.500. The van der Waals surface area contributed by atoms with Crippen LogP contribution in [0.2, 0.25) is 0 Å². The van der Waals surface area contributed by atoms with Crippen LogP contribution in [0.15, 0.2) is 20.1 Å². The van der Waals surface area contributed by atoms with Crippen LogP contribution in [0.4, 0.5) is 0 Å². The lowest BCUT2D eigenvalue weighted by Gasteiger charge is -2.09. The van der Waals surface area contributed by atoms with Crippen LogP contribution in [-0.2, 0) is 10.0 Å². The van der Waals surface area contributed by atoms with Gasteiger partial charge in [-0.05, 0) is 33.3 Å². The summed E-state index contributed by atoms with van der Waals surface area (Å²) in [6, 6.07) is 1.73. The molecule has 0 fully saturated rings. The predicted octanol–water partition coefficient (Wildman–Crippen LogP) is 2.82. The van der Waals surface area contributed by atoms with E-state index in [2.05, 4.69) is 36.6 Å². The average Bonchev–Trinajstić information content (AvgIpc) is 2.61. The first-order chi connectivity index (χ1) is 6.97. The van der Waals surface area contributed by atoms with Crippen LogP contribution in [0, 0.1) is 5.92 Å². The van der Waals surface area contributed by atoms with E-state index in [1.807, 2.05) is 6.92 Å². The highest BCUT2D eigenvalue weighted by atomic mass is 79.9. The van der Waals surface area contributed by atoms with E-state index in [-0.39, 0.29) is 5.92 Å². The molecule has 1 unspecified atom stereocenters. The average molecular weight is 377 g/mol. The lowest BCUT2D eigenvalue weighted by atomic mass is 10.2. The molecule has 1 N–H and O–H groups in total. The Morgan fingerprint density at radius 2 is 2.27 bits per heavy atom. The molecule has 1 atom stereocenters. The third-order valence-corrected chi connectivity index (χ3v) is 6.91. The van der Waals surface area contributed by atoms with Crippen molar-refractivity contribution in [1.82, 2.24) is 4.72 Å². The lowest BCUT2D eigenvalue weighted by Crippen LogP contribution is -2.28. The summed E-state index contributed by atoms with van der Waals surface area (Å²) in [7, 11) is -3.35. The summed E-state index contributed by atoms with van der Waals surface area (Å²) in [5, 5.41) is 2.52. The van der Waals surface area contributed by atoms with Gasteiger partial charge >= 0.3 is 0 Å². The topological polar surface area (TPSA) is 46.2 Å². The van der Waals surface area contributed by atoms with Gasteiger partial charge in [-0.1, -0.05) is 22.9 Å². The Morgan fingerprint density at radius 1 is 1.60 bits per heavy atom. The summed E-state index contributed by atoms with van der Waals surface area (Å²) in [5.74, 6) is 0.276. The first kappa shape index (κ1) is 13.6. The highest BCUT2D eigenvalue weighted by molar-refractivity contribution is 9.10. The summed E-state index contributed by atoms with van der Waals surface area (Å²) in [6.07, 6.45) is 0. The molecule has 7 heteroatoms. The number of rotatable bonds is 5. The summed E-state index contributed by atoms with van der Waals surface area (Å²) in [5.41, 5.74) is 0. The minimum atomic E-state index is -3.35. The Kier molecular flexibility index (Phi) is 5.24. The molecule has 1 heterocycles. The van der Waals surface area contributed by atoms with Gasteiger partial charge in [-0.3, -0.25) is 0 Å². The van der Waals surface area contributed by atoms with E-state index >= 15 is 0 Å². The normalized spacial score (nSPS) is 14.1. The molecule has 1 rings (SSSR count). The first-order valence-corrected chi connectivity index (χ1v) is 8.53. The zero-order valence-electron chi connectivity index (χ0n) is 8.04. The van der Waals surface area contributed by atoms with E-state index in [0.29, 0.717) is 15.2 Å². The molecule has 1 aromatic heterocycles. The second-order valence-electron chi connectivity index (χ2n) is 3.17. The van der Waals surface area contributed by atoms with Crippen LogP contribution in [0.3, 0.4) is 0 Å². The van der Waals surface area contributed by atoms with Crippen molar-refractivity contribution < 1.29 is 8.42 Å². The van der Waals surface area contributed by atoms with Gasteiger partial charge in [0.25, 0.3) is 10.0 Å². The third kappa shape index (κ3) is 3.81. The Balaban J connectivity index is 2.73. The molecule has 0 amide bonds. The minimum Gasteiger partial charge on any atom is -0.210 e. The standard InChI is InChI=1S/C8H11Br2NO2S2/c1-6(4-9)5-11-15(12,13)8-7(10)2-3-14-8/h2-3,6,11H,4-5H2,1H3. The zero-order valence-corrected chi connectivity index (χ0v) is 12.8. The van der Waals surface area contributed by atoms with Gasteiger partial charge in [0.2, 0.25) is 0 Å². The molecule has 0 saturated heterocycles. The molecule has 0 aliphatic heterocycles. The fourth-order valence-corrected chi connectivity index (χ4v) is 4.62. The summed E-state index contributed by atoms with van der Waals surface area (Å²) in [4.78, 5) is 0. The predicted molar refractivity (Wildman–Crippen MR) is 70.2 cm³/mol. The Bertz CT molecular complexity index is 416. The number of hydrogen-bond acceptors (Lipinski definition) is 3. The van der Waals surface area contributed by atoms with Crippen molar-refractivity contribution in [1.29, 1.82) is 0 Å². The largest absolute Gasteiger partial charge is 0.251 e. The highest BCUT2D eigenvalue weighted by Gasteiger charge is 2.19. The van der Waals surface area contributed by atoms with Crippen LogP contribution in [-0.4, -0.2) is 20.3 Å². The fourth-order valence-electron chi connectivity index (χ4n) is 0.844. The molecule has 0 spiro atoms. The van der Waals surface area contributed by atoms with Gasteiger partial charge in [0.05, 0.1) is 0 Å². The summed E-state index contributed by atoms with van der Waals surface area (Å²) in [6.45, 7) is 2.42. The minimum absolute atomic E-state index is 0.276. The van der Waals surface area contributed by atoms with E-state index in [1.165, 1.54) is 11.3 Å². The maximum Gasteiger partial charge on any atom is 0.251 e. The van der Waals surface area contributed by atoms with Crippen LogP contribution < -0.4 is 4.72 Å². The molecular formula is C8H11Br2NO2S2. The molecule has 0 aromatic carbocycles. The maximum atomic E-state index is 11.8. The van der Waals surface area contributed by atoms with Gasteiger partial charge in [-0.25, -0.2) is 13.1 Å². The van der Waals surface area contributed by atoms with Crippen molar-refractivity contribution in [2.24, 2.45) is 5.92 Å². The monoisotopic (exact) mass is 375 g/mol. The smallest absolute Gasteiger partial charge is 0.210 e. The molecule has 1 aromatic rings. The number of hydrogen-bond donors (Lipinski definition) is 1. The van der Waals surface area contributed by atoms with E-state index < -0.39 is 10.0 Å². The molecule has 0 aliphatic rings. The van der Waals surface area contributed by atoms with Gasteiger partial charge in [0.1, 0.15) is 4.21 Å². The Hall–Kier alpha value is 0.570. The van der Waals surface area contributed by atoms with Crippen molar-refractivity contribution in [2.75, 3.05) is 11.9 Å². The van der Waals surface area contributed by atoms with Crippen LogP contribution >= 0.6 is 43.2 Å². The third-order valence-electron chi connectivity index (χ3n) is 1.71. The van der Waals surface area contributed by atoms with Gasteiger partial charge in [-0.15, -0.1) is 11.3 Å². The molecule has 15 heavy (non-hydrogen) atoms. The van der Waals surface area contributed by atoms with Gasteiger partial charge < -0.3 is 0 Å². The SMILES string of the molecule is CC(CBr)CNS(=O)(=O)c1sccc1Br. The number of sulfonamides is 1. The quantitative estimate of drug-likeness (QED) is 0.803. The molecular weight excluding hydrogens is 366 g/mol. The second kappa shape index (κ2) is 5.77. The summed E-state index contributed by atoms with van der Waals surface area (Å²) < 4.78 is 27.1. The number of alkyl halides is 1. The Labute approximate surface area is 111 Å². The van der Waals surface area contributed by atoms with E-state index in [4.69, 9.17) is 0 Å². The maximum absolute atomic E-state index is 11.8. The molecule has 0 aliphatic carbocycles. The van der Waals surface area contributed by atoms with Crippen LogP contribution in [0.5, 0.6) is 0 Å². The van der Waals surface area contributed by atoms with E-state index in [1.54, 1.807) is 11.4 Å². The van der Waals surface area contributed by atoms with Crippen molar-refractivity contribution in [3.05, 3.63) is 15.9 Å². The van der Waals surface area contributed by atoms with Gasteiger partial charge in [0, 0.05) is 16.3 Å².